The van der Waals surface area contributed by atoms with Crippen molar-refractivity contribution in [3.63, 3.8) is 0 Å². The summed E-state index contributed by atoms with van der Waals surface area (Å²) in [7, 11) is 1.96. The maximum Gasteiger partial charge on any atom is 0.145 e. The highest BCUT2D eigenvalue weighted by Gasteiger charge is 2.27. The Morgan fingerprint density at radius 2 is 2.00 bits per heavy atom. The first-order chi connectivity index (χ1) is 10.1. The average Bonchev–Trinajstić information content (AvgIpc) is 3.27. The van der Waals surface area contributed by atoms with Gasteiger partial charge in [-0.1, -0.05) is 0 Å². The van der Waals surface area contributed by atoms with Crippen LogP contribution in [0.4, 0.5) is 11.6 Å². The lowest BCUT2D eigenvalue weighted by Gasteiger charge is -2.10. The molecule has 7 heteroatoms. The molecule has 0 saturated heterocycles. The normalized spacial score (nSPS) is 14.3. The Hall–Kier alpha value is -2.15. The number of rotatable bonds is 5. The zero-order valence-electron chi connectivity index (χ0n) is 12.6. The summed E-state index contributed by atoms with van der Waals surface area (Å²) in [4.78, 5) is 8.98. The minimum atomic E-state index is 0.487. The molecule has 1 fully saturated rings. The second kappa shape index (κ2) is 5.33. The van der Waals surface area contributed by atoms with Crippen molar-refractivity contribution in [3.05, 3.63) is 28.8 Å². The number of hydrazine groups is 1. The molecule has 1 aliphatic carbocycles. The second-order valence-electron chi connectivity index (χ2n) is 5.54. The van der Waals surface area contributed by atoms with Crippen LogP contribution < -0.4 is 16.6 Å². The third-order valence-corrected chi connectivity index (χ3v) is 3.94. The summed E-state index contributed by atoms with van der Waals surface area (Å²) in [5.41, 5.74) is 6.01. The highest BCUT2D eigenvalue weighted by Crippen LogP contribution is 2.38. The van der Waals surface area contributed by atoms with Crippen molar-refractivity contribution in [1.82, 2.24) is 19.7 Å². The fraction of sp³-hybridized carbons (Fsp3) is 0.500. The summed E-state index contributed by atoms with van der Waals surface area (Å²) < 4.78 is 1.90. The quantitative estimate of drug-likeness (QED) is 0.571. The molecule has 21 heavy (non-hydrogen) atoms. The van der Waals surface area contributed by atoms with Crippen molar-refractivity contribution < 1.29 is 0 Å². The van der Waals surface area contributed by atoms with Gasteiger partial charge in [-0.2, -0.15) is 5.10 Å². The van der Waals surface area contributed by atoms with E-state index in [4.69, 9.17) is 5.84 Å². The van der Waals surface area contributed by atoms with Gasteiger partial charge in [0.25, 0.3) is 0 Å². The van der Waals surface area contributed by atoms with Gasteiger partial charge in [-0.15, -0.1) is 0 Å². The third kappa shape index (κ3) is 2.82. The Labute approximate surface area is 123 Å². The molecule has 112 valence electrons. The van der Waals surface area contributed by atoms with Crippen LogP contribution in [0.15, 0.2) is 6.07 Å². The summed E-state index contributed by atoms with van der Waals surface area (Å²) in [6.07, 6.45) is 2.32. The first-order valence-electron chi connectivity index (χ1n) is 7.17. The van der Waals surface area contributed by atoms with Gasteiger partial charge in [0.1, 0.15) is 17.5 Å². The Morgan fingerprint density at radius 1 is 1.29 bits per heavy atom. The van der Waals surface area contributed by atoms with Gasteiger partial charge in [-0.3, -0.25) is 4.68 Å². The van der Waals surface area contributed by atoms with Crippen LogP contribution in [0.1, 0.15) is 41.5 Å². The highest BCUT2D eigenvalue weighted by atomic mass is 15.3. The topological polar surface area (TPSA) is 93.7 Å². The van der Waals surface area contributed by atoms with Crippen molar-refractivity contribution >= 4 is 11.6 Å². The maximum absolute atomic E-state index is 5.49. The van der Waals surface area contributed by atoms with Crippen LogP contribution in [0.3, 0.4) is 0 Å². The molecule has 0 radical (unpaired) electrons. The predicted molar refractivity (Wildman–Crippen MR) is 81.8 cm³/mol. The molecule has 3 rings (SSSR count). The molecule has 0 unspecified atom stereocenters. The average molecular weight is 287 g/mol. The number of hydrogen-bond acceptors (Lipinski definition) is 6. The number of nitrogens with two attached hydrogens (primary N) is 1. The lowest BCUT2D eigenvalue weighted by atomic mass is 10.2. The minimum absolute atomic E-state index is 0.487. The molecule has 0 spiro atoms. The molecule has 4 N–H and O–H groups in total. The Morgan fingerprint density at radius 3 is 2.57 bits per heavy atom. The zero-order valence-corrected chi connectivity index (χ0v) is 12.6. The summed E-state index contributed by atoms with van der Waals surface area (Å²) in [5, 5.41) is 7.78. The molecule has 2 aromatic heterocycles. The Balaban J connectivity index is 1.79. The maximum atomic E-state index is 5.49. The van der Waals surface area contributed by atoms with Gasteiger partial charge in [0, 0.05) is 36.8 Å². The van der Waals surface area contributed by atoms with E-state index in [0.717, 1.165) is 35.9 Å². The number of hydrogen-bond donors (Lipinski definition) is 3. The highest BCUT2D eigenvalue weighted by molar-refractivity contribution is 5.48. The molecule has 1 aliphatic rings. The summed E-state index contributed by atoms with van der Waals surface area (Å²) in [6.45, 7) is 4.78. The van der Waals surface area contributed by atoms with E-state index >= 15 is 0 Å². The largest absolute Gasteiger partial charge is 0.366 e. The Kier molecular flexibility index (Phi) is 3.50. The first-order valence-corrected chi connectivity index (χ1v) is 7.17. The van der Waals surface area contributed by atoms with E-state index in [0.29, 0.717) is 18.3 Å². The number of aromatic nitrogens is 4. The van der Waals surface area contributed by atoms with Crippen molar-refractivity contribution in [2.45, 2.75) is 39.2 Å². The first kappa shape index (κ1) is 13.8. The summed E-state index contributed by atoms with van der Waals surface area (Å²) in [5.74, 6) is 8.28. The summed E-state index contributed by atoms with van der Waals surface area (Å²) in [6, 6.07) is 1.83. The molecule has 0 atom stereocenters. The number of nitrogens with zero attached hydrogens (tertiary/aromatic N) is 4. The third-order valence-electron chi connectivity index (χ3n) is 3.94. The number of anilines is 2. The van der Waals surface area contributed by atoms with Gasteiger partial charge in [-0.05, 0) is 26.7 Å². The monoisotopic (exact) mass is 287 g/mol. The Bertz CT molecular complexity index is 658. The van der Waals surface area contributed by atoms with E-state index in [9.17, 15) is 0 Å². The molecule has 2 heterocycles. The standard InChI is InChI=1S/C14H21N7/c1-8-11(9(2)21(3)20-8)7-16-12-6-13(19-15)18-14(17-12)10-4-5-10/h6,10H,4-5,7,15H2,1-3H3,(H2,16,17,18,19). The van der Waals surface area contributed by atoms with Crippen LogP contribution in [-0.4, -0.2) is 19.7 Å². The van der Waals surface area contributed by atoms with Crippen molar-refractivity contribution in [2.75, 3.05) is 10.7 Å². The second-order valence-corrected chi connectivity index (χ2v) is 5.54. The van der Waals surface area contributed by atoms with E-state index in [2.05, 4.69) is 32.7 Å². The van der Waals surface area contributed by atoms with Crippen LogP contribution in [0.25, 0.3) is 0 Å². The van der Waals surface area contributed by atoms with Crippen LogP contribution >= 0.6 is 0 Å². The molecule has 7 nitrogen and oxygen atoms in total. The van der Waals surface area contributed by atoms with Gasteiger partial charge in [0.05, 0.1) is 5.69 Å². The predicted octanol–water partition coefficient (Wildman–Crippen LogP) is 1.60. The SMILES string of the molecule is Cc1nn(C)c(C)c1CNc1cc(NN)nc(C2CC2)n1. The molecule has 0 aliphatic heterocycles. The molecular formula is C14H21N7. The van der Waals surface area contributed by atoms with Crippen molar-refractivity contribution in [2.24, 2.45) is 12.9 Å². The van der Waals surface area contributed by atoms with Crippen molar-refractivity contribution in [3.8, 4) is 0 Å². The van der Waals surface area contributed by atoms with Crippen LogP contribution in [0.5, 0.6) is 0 Å². The zero-order chi connectivity index (χ0) is 15.0. The molecule has 2 aromatic rings. The van der Waals surface area contributed by atoms with Crippen LogP contribution in [0.2, 0.25) is 0 Å². The van der Waals surface area contributed by atoms with E-state index in [1.165, 1.54) is 5.56 Å². The van der Waals surface area contributed by atoms with E-state index in [1.54, 1.807) is 0 Å². The fourth-order valence-electron chi connectivity index (χ4n) is 2.41. The van der Waals surface area contributed by atoms with Gasteiger partial charge < -0.3 is 10.7 Å². The molecule has 1 saturated carbocycles. The van der Waals surface area contributed by atoms with Gasteiger partial charge in [0.15, 0.2) is 0 Å². The van der Waals surface area contributed by atoms with E-state index in [1.807, 2.05) is 24.7 Å². The van der Waals surface area contributed by atoms with Gasteiger partial charge >= 0.3 is 0 Å². The lowest BCUT2D eigenvalue weighted by molar-refractivity contribution is 0.730. The smallest absolute Gasteiger partial charge is 0.145 e. The summed E-state index contributed by atoms with van der Waals surface area (Å²) >= 11 is 0. The van der Waals surface area contributed by atoms with Gasteiger partial charge in [-0.25, -0.2) is 15.8 Å². The minimum Gasteiger partial charge on any atom is -0.366 e. The molecule has 0 amide bonds. The number of nitrogen functional groups attached to an aromatic ring is 1. The number of aryl methyl sites for hydroxylation is 2. The van der Waals surface area contributed by atoms with Gasteiger partial charge in [0.2, 0.25) is 0 Å². The number of nitrogens with one attached hydrogen (secondary N) is 2. The van der Waals surface area contributed by atoms with E-state index in [-0.39, 0.29) is 0 Å². The van der Waals surface area contributed by atoms with Crippen molar-refractivity contribution in [1.29, 1.82) is 0 Å². The molecule has 0 aromatic carbocycles. The van der Waals surface area contributed by atoms with E-state index < -0.39 is 0 Å². The van der Waals surface area contributed by atoms with Crippen LogP contribution in [0, 0.1) is 13.8 Å². The lowest BCUT2D eigenvalue weighted by Crippen LogP contribution is -2.12. The van der Waals surface area contributed by atoms with Crippen LogP contribution in [-0.2, 0) is 13.6 Å². The molecule has 0 bridgehead atoms. The fourth-order valence-corrected chi connectivity index (χ4v) is 2.41. The molecular weight excluding hydrogens is 266 g/mol.